The lowest BCUT2D eigenvalue weighted by Gasteiger charge is -2.21. The number of aliphatic hydroxyl groups excluding tert-OH is 1. The number of ether oxygens (including phenoxy) is 1. The number of benzene rings is 3. The highest BCUT2D eigenvalue weighted by atomic mass is 16.5. The highest BCUT2D eigenvalue weighted by Crippen LogP contribution is 2.24. The number of aliphatic hydroxyl groups is 1. The van der Waals surface area contributed by atoms with E-state index in [2.05, 4.69) is 72.9 Å². The summed E-state index contributed by atoms with van der Waals surface area (Å²) >= 11 is 0. The van der Waals surface area contributed by atoms with E-state index in [0.717, 1.165) is 0 Å². The van der Waals surface area contributed by atoms with Crippen LogP contribution in [0.5, 0.6) is 0 Å². The van der Waals surface area contributed by atoms with E-state index in [1.54, 1.807) is 0 Å². The zero-order valence-electron chi connectivity index (χ0n) is 16.4. The van der Waals surface area contributed by atoms with Gasteiger partial charge in [-0.25, -0.2) is 0 Å². The third-order valence-corrected chi connectivity index (χ3v) is 4.96. The molecule has 3 heteroatoms. The Labute approximate surface area is 168 Å². The summed E-state index contributed by atoms with van der Waals surface area (Å²) in [5.74, 6) is 0.158. The Morgan fingerprint density at radius 3 is 1.68 bits per heavy atom. The molecule has 3 aromatic rings. The summed E-state index contributed by atoms with van der Waals surface area (Å²) in [6.45, 7) is 3.45. The molecule has 3 rings (SSSR count). The lowest BCUT2D eigenvalue weighted by atomic mass is 9.92. The van der Waals surface area contributed by atoms with Gasteiger partial charge in [-0.3, -0.25) is 0 Å². The molecule has 3 aromatic carbocycles. The molecule has 0 aromatic heterocycles. The van der Waals surface area contributed by atoms with E-state index < -0.39 is 6.10 Å². The van der Waals surface area contributed by atoms with Gasteiger partial charge < -0.3 is 15.2 Å². The first-order valence-corrected chi connectivity index (χ1v) is 9.88. The SMILES string of the molecule is C[C@@H](NC[C@H](O)COCC(c1ccccc1)c1ccccc1)c1ccccc1. The molecule has 0 fully saturated rings. The van der Waals surface area contributed by atoms with Gasteiger partial charge in [-0.2, -0.15) is 0 Å². The average Bonchev–Trinajstić information content (AvgIpc) is 2.77. The lowest BCUT2D eigenvalue weighted by molar-refractivity contribution is 0.0330. The maximum Gasteiger partial charge on any atom is 0.0897 e. The van der Waals surface area contributed by atoms with Crippen LogP contribution >= 0.6 is 0 Å². The number of hydrogen-bond donors (Lipinski definition) is 2. The van der Waals surface area contributed by atoms with Crippen molar-refractivity contribution in [2.24, 2.45) is 0 Å². The van der Waals surface area contributed by atoms with Gasteiger partial charge in [0.05, 0.1) is 19.3 Å². The van der Waals surface area contributed by atoms with Gasteiger partial charge in [0.15, 0.2) is 0 Å². The van der Waals surface area contributed by atoms with Crippen LogP contribution in [0, 0.1) is 0 Å². The van der Waals surface area contributed by atoms with Crippen molar-refractivity contribution in [2.45, 2.75) is 25.0 Å². The Morgan fingerprint density at radius 2 is 1.18 bits per heavy atom. The van der Waals surface area contributed by atoms with Crippen LogP contribution < -0.4 is 5.32 Å². The first kappa shape index (κ1) is 20.3. The Balaban J connectivity index is 1.50. The van der Waals surface area contributed by atoms with Crippen LogP contribution in [-0.4, -0.2) is 31.0 Å². The molecule has 0 aliphatic rings. The van der Waals surface area contributed by atoms with Crippen molar-refractivity contribution in [1.82, 2.24) is 5.32 Å². The fourth-order valence-corrected chi connectivity index (χ4v) is 3.31. The largest absolute Gasteiger partial charge is 0.389 e. The Hall–Kier alpha value is -2.46. The van der Waals surface area contributed by atoms with Gasteiger partial charge in [-0.15, -0.1) is 0 Å². The van der Waals surface area contributed by atoms with Crippen LogP contribution in [0.2, 0.25) is 0 Å². The van der Waals surface area contributed by atoms with Crippen molar-refractivity contribution in [3.63, 3.8) is 0 Å². The van der Waals surface area contributed by atoms with Crippen LogP contribution in [0.15, 0.2) is 91.0 Å². The van der Waals surface area contributed by atoms with Crippen LogP contribution in [0.25, 0.3) is 0 Å². The summed E-state index contributed by atoms with van der Waals surface area (Å²) in [4.78, 5) is 0. The molecule has 0 amide bonds. The summed E-state index contributed by atoms with van der Waals surface area (Å²) in [6, 6.07) is 31.2. The van der Waals surface area contributed by atoms with Gasteiger partial charge in [0.25, 0.3) is 0 Å². The van der Waals surface area contributed by atoms with Crippen LogP contribution in [0.1, 0.15) is 35.6 Å². The highest BCUT2D eigenvalue weighted by Gasteiger charge is 2.15. The van der Waals surface area contributed by atoms with Crippen LogP contribution in [-0.2, 0) is 4.74 Å². The molecule has 28 heavy (non-hydrogen) atoms. The molecule has 0 bridgehead atoms. The zero-order valence-corrected chi connectivity index (χ0v) is 16.4. The summed E-state index contributed by atoms with van der Waals surface area (Å²) in [6.07, 6.45) is -0.543. The maximum atomic E-state index is 10.3. The summed E-state index contributed by atoms with van der Waals surface area (Å²) in [5.41, 5.74) is 3.65. The van der Waals surface area contributed by atoms with Gasteiger partial charge >= 0.3 is 0 Å². The molecular weight excluding hydrogens is 346 g/mol. The fraction of sp³-hybridized carbons (Fsp3) is 0.280. The van der Waals surface area contributed by atoms with Crippen molar-refractivity contribution in [3.05, 3.63) is 108 Å². The van der Waals surface area contributed by atoms with E-state index in [0.29, 0.717) is 19.8 Å². The molecule has 0 saturated heterocycles. The minimum atomic E-state index is -0.543. The van der Waals surface area contributed by atoms with Gasteiger partial charge in [0.1, 0.15) is 0 Å². The highest BCUT2D eigenvalue weighted by molar-refractivity contribution is 5.32. The van der Waals surface area contributed by atoms with Crippen LogP contribution in [0.4, 0.5) is 0 Å². The minimum Gasteiger partial charge on any atom is -0.389 e. The molecule has 146 valence electrons. The van der Waals surface area contributed by atoms with Crippen molar-refractivity contribution in [1.29, 1.82) is 0 Å². The molecule has 2 atom stereocenters. The first-order chi connectivity index (χ1) is 13.7. The predicted octanol–water partition coefficient (Wildman–Crippen LogP) is 4.55. The quantitative estimate of drug-likeness (QED) is 0.546. The number of nitrogens with one attached hydrogen (secondary N) is 1. The fourth-order valence-electron chi connectivity index (χ4n) is 3.31. The second kappa shape index (κ2) is 10.8. The minimum absolute atomic E-state index is 0.158. The van der Waals surface area contributed by atoms with Gasteiger partial charge in [0.2, 0.25) is 0 Å². The third-order valence-electron chi connectivity index (χ3n) is 4.96. The molecule has 0 spiro atoms. The molecule has 3 nitrogen and oxygen atoms in total. The second-order valence-corrected chi connectivity index (χ2v) is 7.11. The molecule has 0 aliphatic heterocycles. The molecule has 0 heterocycles. The molecule has 0 radical (unpaired) electrons. The second-order valence-electron chi connectivity index (χ2n) is 7.11. The van der Waals surface area contributed by atoms with Gasteiger partial charge in [-0.05, 0) is 23.6 Å². The van der Waals surface area contributed by atoms with Gasteiger partial charge in [0, 0.05) is 18.5 Å². The zero-order chi connectivity index (χ0) is 19.6. The van der Waals surface area contributed by atoms with E-state index in [9.17, 15) is 5.11 Å². The topological polar surface area (TPSA) is 41.5 Å². The van der Waals surface area contributed by atoms with E-state index in [4.69, 9.17) is 4.74 Å². The van der Waals surface area contributed by atoms with Crippen LogP contribution in [0.3, 0.4) is 0 Å². The summed E-state index contributed by atoms with van der Waals surface area (Å²) in [5, 5.41) is 13.7. The first-order valence-electron chi connectivity index (χ1n) is 9.88. The van der Waals surface area contributed by atoms with E-state index in [1.165, 1.54) is 16.7 Å². The number of rotatable bonds is 10. The smallest absolute Gasteiger partial charge is 0.0897 e. The predicted molar refractivity (Wildman–Crippen MR) is 114 cm³/mol. The molecule has 0 aliphatic carbocycles. The molecule has 0 saturated carbocycles. The summed E-state index contributed by atoms with van der Waals surface area (Å²) in [7, 11) is 0. The lowest BCUT2D eigenvalue weighted by Crippen LogP contribution is -2.32. The van der Waals surface area contributed by atoms with Gasteiger partial charge in [-0.1, -0.05) is 91.0 Å². The Bertz CT molecular complexity index is 753. The van der Waals surface area contributed by atoms with Crippen molar-refractivity contribution in [3.8, 4) is 0 Å². The normalized spacial score (nSPS) is 13.4. The van der Waals surface area contributed by atoms with Crippen molar-refractivity contribution in [2.75, 3.05) is 19.8 Å². The standard InChI is InChI=1S/C25H29NO2/c1-20(21-11-5-2-6-12-21)26-17-24(27)18-28-19-25(22-13-7-3-8-14-22)23-15-9-4-10-16-23/h2-16,20,24-27H,17-19H2,1H3/t20-,24+/m1/s1. The maximum absolute atomic E-state index is 10.3. The Morgan fingerprint density at radius 1 is 0.714 bits per heavy atom. The van der Waals surface area contributed by atoms with Crippen molar-refractivity contribution >= 4 is 0 Å². The summed E-state index contributed by atoms with van der Waals surface area (Å²) < 4.78 is 5.91. The molecule has 2 N–H and O–H groups in total. The Kier molecular flexibility index (Phi) is 7.80. The van der Waals surface area contributed by atoms with E-state index in [-0.39, 0.29) is 12.0 Å². The van der Waals surface area contributed by atoms with Crippen molar-refractivity contribution < 1.29 is 9.84 Å². The van der Waals surface area contributed by atoms with E-state index >= 15 is 0 Å². The molecular formula is C25H29NO2. The molecule has 0 unspecified atom stereocenters. The van der Waals surface area contributed by atoms with E-state index in [1.807, 2.05) is 30.3 Å². The number of hydrogen-bond acceptors (Lipinski definition) is 3. The third kappa shape index (κ3) is 6.03. The average molecular weight is 376 g/mol. The monoisotopic (exact) mass is 375 g/mol.